The number of rotatable bonds is 4. The Morgan fingerprint density at radius 1 is 1.26 bits per heavy atom. The van der Waals surface area contributed by atoms with Crippen molar-refractivity contribution in [3.05, 3.63) is 35.9 Å². The first-order valence-electron chi connectivity index (χ1n) is 8.60. The fourth-order valence-electron chi connectivity index (χ4n) is 3.38. The van der Waals surface area contributed by atoms with Crippen LogP contribution >= 0.6 is 0 Å². The summed E-state index contributed by atoms with van der Waals surface area (Å²) in [5.41, 5.74) is -0.00629. The van der Waals surface area contributed by atoms with Gasteiger partial charge in [-0.1, -0.05) is 37.3 Å². The predicted octanol–water partition coefficient (Wildman–Crippen LogP) is 1.63. The summed E-state index contributed by atoms with van der Waals surface area (Å²) in [5, 5.41) is 13.5. The molecule has 2 amide bonds. The zero-order chi connectivity index (χ0) is 16.3. The summed E-state index contributed by atoms with van der Waals surface area (Å²) in [4.78, 5) is 16.2. The van der Waals surface area contributed by atoms with Gasteiger partial charge in [0.2, 0.25) is 0 Å². The molecule has 2 aliphatic rings. The molecular weight excluding hydrogens is 290 g/mol. The molecule has 2 aliphatic heterocycles. The third-order valence-electron chi connectivity index (χ3n) is 5.08. The minimum Gasteiger partial charge on any atom is -0.381 e. The molecule has 2 heterocycles. The second kappa shape index (κ2) is 6.89. The number of piperidine rings is 1. The quantitative estimate of drug-likeness (QED) is 0.887. The van der Waals surface area contributed by atoms with Crippen molar-refractivity contribution in [2.75, 3.05) is 39.3 Å². The fraction of sp³-hybridized carbons (Fsp3) is 0.611. The standard InChI is InChI=1S/C18H27N3O2/c1-15-7-10-20(11-8-15)12-9-19-17(22)21-13-18(23,14-21)16-5-3-2-4-6-16/h2-6,15,23H,7-14H2,1H3,(H,19,22). The number of nitrogens with one attached hydrogen (secondary N) is 1. The van der Waals surface area contributed by atoms with Gasteiger partial charge in [-0.3, -0.25) is 0 Å². The molecule has 0 unspecified atom stereocenters. The second-order valence-corrected chi connectivity index (χ2v) is 7.01. The van der Waals surface area contributed by atoms with Gasteiger partial charge in [0.1, 0.15) is 5.60 Å². The molecule has 1 aromatic carbocycles. The molecule has 2 saturated heterocycles. The Hall–Kier alpha value is -1.59. The zero-order valence-electron chi connectivity index (χ0n) is 13.9. The topological polar surface area (TPSA) is 55.8 Å². The lowest BCUT2D eigenvalue weighted by Crippen LogP contribution is -2.63. The highest BCUT2D eigenvalue weighted by atomic mass is 16.3. The summed E-state index contributed by atoms with van der Waals surface area (Å²) < 4.78 is 0. The minimum absolute atomic E-state index is 0.0732. The van der Waals surface area contributed by atoms with Crippen LogP contribution in [0, 0.1) is 5.92 Å². The Morgan fingerprint density at radius 3 is 2.57 bits per heavy atom. The van der Waals surface area contributed by atoms with Crippen LogP contribution in [-0.2, 0) is 5.60 Å². The van der Waals surface area contributed by atoms with Crippen molar-refractivity contribution in [2.24, 2.45) is 5.92 Å². The zero-order valence-corrected chi connectivity index (χ0v) is 13.9. The highest BCUT2D eigenvalue weighted by Gasteiger charge is 2.44. The smallest absolute Gasteiger partial charge is 0.317 e. The molecule has 1 aromatic rings. The van der Waals surface area contributed by atoms with Crippen LogP contribution in [0.2, 0.25) is 0 Å². The summed E-state index contributed by atoms with van der Waals surface area (Å²) in [5.74, 6) is 0.831. The van der Waals surface area contributed by atoms with E-state index in [9.17, 15) is 9.90 Å². The van der Waals surface area contributed by atoms with Gasteiger partial charge >= 0.3 is 6.03 Å². The molecule has 0 bridgehead atoms. The van der Waals surface area contributed by atoms with E-state index in [2.05, 4.69) is 17.1 Å². The largest absolute Gasteiger partial charge is 0.381 e. The number of aliphatic hydroxyl groups is 1. The van der Waals surface area contributed by atoms with Crippen LogP contribution in [0.5, 0.6) is 0 Å². The maximum Gasteiger partial charge on any atom is 0.317 e. The predicted molar refractivity (Wildman–Crippen MR) is 90.1 cm³/mol. The number of β-amino-alcohol motifs (C(OH)–C–C–N with tert-alkyl or cyclic N) is 1. The third kappa shape index (κ3) is 3.85. The summed E-state index contributed by atoms with van der Waals surface area (Å²) >= 11 is 0. The first-order chi connectivity index (χ1) is 11.1. The first-order valence-corrected chi connectivity index (χ1v) is 8.60. The normalized spacial score (nSPS) is 21.7. The van der Waals surface area contributed by atoms with E-state index in [1.165, 1.54) is 12.8 Å². The van der Waals surface area contributed by atoms with Crippen molar-refractivity contribution in [2.45, 2.75) is 25.4 Å². The molecular formula is C18H27N3O2. The summed E-state index contributed by atoms with van der Waals surface area (Å²) in [6.45, 7) is 6.89. The molecule has 0 aliphatic carbocycles. The Kier molecular flexibility index (Phi) is 4.87. The molecule has 2 N–H and O–H groups in total. The van der Waals surface area contributed by atoms with Gasteiger partial charge in [0, 0.05) is 13.1 Å². The van der Waals surface area contributed by atoms with Crippen LogP contribution in [0.25, 0.3) is 0 Å². The number of urea groups is 1. The Morgan fingerprint density at radius 2 is 1.91 bits per heavy atom. The van der Waals surface area contributed by atoms with Crippen LogP contribution in [0.4, 0.5) is 4.79 Å². The summed E-state index contributed by atoms with van der Waals surface area (Å²) in [6.07, 6.45) is 2.51. The van der Waals surface area contributed by atoms with Gasteiger partial charge in [0.15, 0.2) is 0 Å². The van der Waals surface area contributed by atoms with Crippen molar-refractivity contribution >= 4 is 6.03 Å². The number of amides is 2. The van der Waals surface area contributed by atoms with Crippen LogP contribution in [-0.4, -0.2) is 60.2 Å². The average molecular weight is 317 g/mol. The highest BCUT2D eigenvalue weighted by molar-refractivity contribution is 5.75. The van der Waals surface area contributed by atoms with Crippen molar-refractivity contribution in [3.8, 4) is 0 Å². The van der Waals surface area contributed by atoms with Gasteiger partial charge in [-0.25, -0.2) is 4.79 Å². The van der Waals surface area contributed by atoms with Gasteiger partial charge in [-0.15, -0.1) is 0 Å². The van der Waals surface area contributed by atoms with E-state index in [1.807, 2.05) is 30.3 Å². The van der Waals surface area contributed by atoms with E-state index in [1.54, 1.807) is 4.90 Å². The molecule has 0 atom stereocenters. The lowest BCUT2D eigenvalue weighted by Gasteiger charge is -2.46. The number of hydrogen-bond donors (Lipinski definition) is 2. The molecule has 3 rings (SSSR count). The first kappa shape index (κ1) is 16.3. The van der Waals surface area contributed by atoms with Crippen molar-refractivity contribution in [3.63, 3.8) is 0 Å². The monoisotopic (exact) mass is 317 g/mol. The van der Waals surface area contributed by atoms with Crippen LogP contribution < -0.4 is 5.32 Å². The molecule has 5 nitrogen and oxygen atoms in total. The van der Waals surface area contributed by atoms with Crippen molar-refractivity contribution < 1.29 is 9.90 Å². The maximum atomic E-state index is 12.1. The van der Waals surface area contributed by atoms with Crippen molar-refractivity contribution in [1.29, 1.82) is 0 Å². The highest BCUT2D eigenvalue weighted by Crippen LogP contribution is 2.31. The van der Waals surface area contributed by atoms with Crippen LogP contribution in [0.1, 0.15) is 25.3 Å². The fourth-order valence-corrected chi connectivity index (χ4v) is 3.38. The SMILES string of the molecule is CC1CCN(CCNC(=O)N2CC(O)(c3ccccc3)C2)CC1. The van der Waals surface area contributed by atoms with E-state index in [4.69, 9.17) is 0 Å². The Balaban J connectivity index is 1.38. The number of hydrogen-bond acceptors (Lipinski definition) is 3. The third-order valence-corrected chi connectivity index (χ3v) is 5.08. The molecule has 0 spiro atoms. The maximum absolute atomic E-state index is 12.1. The molecule has 2 fully saturated rings. The van der Waals surface area contributed by atoms with E-state index in [-0.39, 0.29) is 6.03 Å². The van der Waals surface area contributed by atoms with E-state index >= 15 is 0 Å². The average Bonchev–Trinajstić information content (AvgIpc) is 2.54. The Labute approximate surface area is 138 Å². The molecule has 126 valence electrons. The number of carbonyl (C=O) groups is 1. The van der Waals surface area contributed by atoms with Crippen LogP contribution in [0.15, 0.2) is 30.3 Å². The number of nitrogens with zero attached hydrogens (tertiary/aromatic N) is 2. The van der Waals surface area contributed by atoms with Crippen LogP contribution in [0.3, 0.4) is 0 Å². The minimum atomic E-state index is -0.887. The van der Waals surface area contributed by atoms with Gasteiger partial charge in [-0.2, -0.15) is 0 Å². The number of carbonyl (C=O) groups excluding carboxylic acids is 1. The van der Waals surface area contributed by atoms with E-state index in [0.29, 0.717) is 19.6 Å². The van der Waals surface area contributed by atoms with Gasteiger partial charge in [0.25, 0.3) is 0 Å². The number of likely N-dealkylation sites (tertiary alicyclic amines) is 2. The lowest BCUT2D eigenvalue weighted by atomic mass is 9.86. The molecule has 23 heavy (non-hydrogen) atoms. The number of benzene rings is 1. The van der Waals surface area contributed by atoms with Gasteiger partial charge < -0.3 is 20.2 Å². The molecule has 5 heteroatoms. The molecule has 0 radical (unpaired) electrons. The molecule has 0 saturated carbocycles. The van der Waals surface area contributed by atoms with Gasteiger partial charge in [-0.05, 0) is 37.4 Å². The van der Waals surface area contributed by atoms with E-state index in [0.717, 1.165) is 31.1 Å². The second-order valence-electron chi connectivity index (χ2n) is 7.01. The summed E-state index contributed by atoms with van der Waals surface area (Å²) in [7, 11) is 0. The lowest BCUT2D eigenvalue weighted by molar-refractivity contribution is -0.0816. The van der Waals surface area contributed by atoms with E-state index < -0.39 is 5.60 Å². The Bertz CT molecular complexity index is 520. The molecule has 0 aromatic heterocycles. The summed E-state index contributed by atoms with van der Waals surface area (Å²) in [6, 6.07) is 9.50. The van der Waals surface area contributed by atoms with Gasteiger partial charge in [0.05, 0.1) is 13.1 Å². The van der Waals surface area contributed by atoms with Crippen molar-refractivity contribution in [1.82, 2.24) is 15.1 Å².